The fraction of sp³-hybridized carbons (Fsp3) is 0.704. The number of carbonyl (C=O) groups is 4. The predicted molar refractivity (Wildman–Crippen MR) is 258 cm³/mol. The number of rotatable bonds is 40. The van der Waals surface area contributed by atoms with E-state index >= 15 is 0 Å². The van der Waals surface area contributed by atoms with E-state index in [0.717, 1.165) is 51.4 Å². The van der Waals surface area contributed by atoms with E-state index in [1.807, 2.05) is 36.4 Å². The zero-order chi connectivity index (χ0) is 46.9. The van der Waals surface area contributed by atoms with Gasteiger partial charge in [0.05, 0.1) is 25.4 Å². The molecule has 0 aromatic heterocycles. The first-order valence-electron chi connectivity index (χ1n) is 25.1. The van der Waals surface area contributed by atoms with Crippen LogP contribution in [0, 0.1) is 0 Å². The maximum atomic E-state index is 11.4. The molecule has 2 aromatic carbocycles. The van der Waals surface area contributed by atoms with Gasteiger partial charge in [-0.2, -0.15) is 0 Å². The summed E-state index contributed by atoms with van der Waals surface area (Å²) in [6.07, 6.45) is 27.0. The van der Waals surface area contributed by atoms with Gasteiger partial charge in [-0.3, -0.25) is 9.59 Å². The van der Waals surface area contributed by atoms with Gasteiger partial charge in [-0.1, -0.05) is 164 Å². The minimum atomic E-state index is -1.06. The van der Waals surface area contributed by atoms with Crippen molar-refractivity contribution in [1.29, 1.82) is 0 Å². The summed E-state index contributed by atoms with van der Waals surface area (Å²) in [4.78, 5) is 44.1. The number of carboxylic acid groups (broad SMARTS) is 2. The van der Waals surface area contributed by atoms with Gasteiger partial charge < -0.3 is 38.7 Å². The molecule has 0 N–H and O–H groups in total. The van der Waals surface area contributed by atoms with Crippen molar-refractivity contribution >= 4 is 72.8 Å². The van der Waals surface area contributed by atoms with Crippen LogP contribution in [0.3, 0.4) is 0 Å². The Morgan fingerprint density at radius 2 is 0.708 bits per heavy atom. The van der Waals surface area contributed by atoms with Crippen molar-refractivity contribution in [1.82, 2.24) is 0 Å². The van der Waals surface area contributed by atoms with Crippen LogP contribution in [-0.4, -0.2) is 97.2 Å². The molecule has 4 unspecified atom stereocenters. The normalized spacial score (nSPS) is 12.7. The van der Waals surface area contributed by atoms with Crippen molar-refractivity contribution in [2.45, 2.75) is 245 Å². The molecule has 65 heavy (non-hydrogen) atoms. The van der Waals surface area contributed by atoms with E-state index in [1.54, 1.807) is 0 Å². The van der Waals surface area contributed by atoms with Crippen LogP contribution in [0.15, 0.2) is 60.7 Å². The minimum Gasteiger partial charge on any atom is -0.550 e. The van der Waals surface area contributed by atoms with Gasteiger partial charge in [0.1, 0.15) is 12.2 Å². The molecule has 0 saturated carbocycles. The molecule has 0 aliphatic carbocycles. The SMILES string of the molecule is CCCCCCCCCC(CCCC(CCCC(=O)[O-])OC(C)=O)OCc1ccccc1.CCCCCCCCCC(CCCC(CCCC(=O)[O-])OC(C)=O)OCc1ccccc1.[Ba+2]. The topological polar surface area (TPSA) is 151 Å². The third kappa shape index (κ3) is 40.6. The minimum absolute atomic E-state index is 0. The van der Waals surface area contributed by atoms with Gasteiger partial charge in [0.2, 0.25) is 0 Å². The first-order valence-corrected chi connectivity index (χ1v) is 25.1. The molecule has 10 nitrogen and oxygen atoms in total. The Morgan fingerprint density at radius 3 is 1.03 bits per heavy atom. The second-order valence-electron chi connectivity index (χ2n) is 17.5. The fourth-order valence-electron chi connectivity index (χ4n) is 7.95. The van der Waals surface area contributed by atoms with Crippen molar-refractivity contribution in [2.24, 2.45) is 0 Å². The van der Waals surface area contributed by atoms with E-state index in [4.69, 9.17) is 18.9 Å². The Bertz CT molecular complexity index is 1320. The number of carbonyl (C=O) groups excluding carboxylic acids is 4. The molecular weight excluding hydrogens is 946 g/mol. The van der Waals surface area contributed by atoms with Crippen LogP contribution in [0.4, 0.5) is 0 Å². The van der Waals surface area contributed by atoms with E-state index < -0.39 is 11.9 Å². The summed E-state index contributed by atoms with van der Waals surface area (Å²) >= 11 is 0. The number of ether oxygens (including phenoxy) is 4. The molecule has 4 atom stereocenters. The van der Waals surface area contributed by atoms with E-state index in [1.165, 1.54) is 115 Å². The Hall–Kier alpha value is -2.19. The first kappa shape index (κ1) is 62.8. The Labute approximate surface area is 434 Å². The first-order chi connectivity index (χ1) is 31.0. The van der Waals surface area contributed by atoms with Gasteiger partial charge >= 0.3 is 60.8 Å². The van der Waals surface area contributed by atoms with Gasteiger partial charge in [0.25, 0.3) is 0 Å². The smallest absolute Gasteiger partial charge is 0.550 e. The van der Waals surface area contributed by atoms with Crippen LogP contribution < -0.4 is 10.2 Å². The van der Waals surface area contributed by atoms with E-state index in [2.05, 4.69) is 38.1 Å². The summed E-state index contributed by atoms with van der Waals surface area (Å²) in [7, 11) is 0. The quantitative estimate of drug-likeness (QED) is 0.0358. The summed E-state index contributed by atoms with van der Waals surface area (Å²) in [6, 6.07) is 20.5. The van der Waals surface area contributed by atoms with Crippen LogP contribution in [0.25, 0.3) is 0 Å². The van der Waals surface area contributed by atoms with Crippen LogP contribution in [-0.2, 0) is 51.3 Å². The second-order valence-corrected chi connectivity index (χ2v) is 17.5. The average Bonchev–Trinajstić information content (AvgIpc) is 3.26. The Balaban J connectivity index is 0.00000124. The second kappa shape index (κ2) is 44.3. The van der Waals surface area contributed by atoms with Gasteiger partial charge in [-0.05, 0) is 101 Å². The van der Waals surface area contributed by atoms with E-state index in [-0.39, 0.29) is 98.1 Å². The van der Waals surface area contributed by atoms with Crippen molar-refractivity contribution < 1.29 is 48.3 Å². The van der Waals surface area contributed by atoms with Gasteiger partial charge in [-0.25, -0.2) is 0 Å². The summed E-state index contributed by atoms with van der Waals surface area (Å²) in [6.45, 7) is 8.51. The van der Waals surface area contributed by atoms with E-state index in [9.17, 15) is 29.4 Å². The zero-order valence-corrected chi connectivity index (χ0v) is 45.5. The molecule has 0 bridgehead atoms. The number of carboxylic acids is 2. The summed E-state index contributed by atoms with van der Waals surface area (Å²) in [5.74, 6) is -2.75. The van der Waals surface area contributed by atoms with Crippen molar-refractivity contribution in [3.63, 3.8) is 0 Å². The third-order valence-corrected chi connectivity index (χ3v) is 11.5. The van der Waals surface area contributed by atoms with Crippen LogP contribution in [0.2, 0.25) is 0 Å². The maximum absolute atomic E-state index is 11.4. The summed E-state index contributed by atoms with van der Waals surface area (Å²) < 4.78 is 23.3. The van der Waals surface area contributed by atoms with Gasteiger partial charge in [0, 0.05) is 25.8 Å². The molecule has 0 heterocycles. The number of hydrogen-bond acceptors (Lipinski definition) is 10. The molecule has 0 aliphatic heterocycles. The largest absolute Gasteiger partial charge is 2.00 e. The summed E-state index contributed by atoms with van der Waals surface area (Å²) in [5, 5.41) is 21.3. The van der Waals surface area contributed by atoms with Crippen LogP contribution in [0.5, 0.6) is 0 Å². The fourth-order valence-corrected chi connectivity index (χ4v) is 7.95. The van der Waals surface area contributed by atoms with Crippen molar-refractivity contribution in [2.75, 3.05) is 0 Å². The molecule has 2 rings (SSSR count). The van der Waals surface area contributed by atoms with Crippen molar-refractivity contribution in [3.05, 3.63) is 71.8 Å². The molecule has 2 aromatic rings. The van der Waals surface area contributed by atoms with E-state index in [0.29, 0.717) is 38.9 Å². The molecule has 0 radical (unpaired) electrons. The number of esters is 2. The molecule has 0 saturated heterocycles. The summed E-state index contributed by atoms with van der Waals surface area (Å²) in [5.41, 5.74) is 2.36. The maximum Gasteiger partial charge on any atom is 2.00 e. The molecular formula is C54H86BaO10. The predicted octanol–water partition coefficient (Wildman–Crippen LogP) is 11.1. The van der Waals surface area contributed by atoms with Gasteiger partial charge in [-0.15, -0.1) is 0 Å². The number of benzene rings is 2. The molecule has 0 spiro atoms. The number of unbranched alkanes of at least 4 members (excludes halogenated alkanes) is 12. The number of hydrogen-bond donors (Lipinski definition) is 0. The average molecular weight is 1030 g/mol. The van der Waals surface area contributed by atoms with Crippen LogP contribution >= 0.6 is 0 Å². The molecule has 0 fully saturated rings. The number of aliphatic carboxylic acids is 2. The van der Waals surface area contributed by atoms with Crippen molar-refractivity contribution in [3.8, 4) is 0 Å². The van der Waals surface area contributed by atoms with Crippen LogP contribution in [0.1, 0.15) is 219 Å². The Kier molecular flexibility index (Phi) is 42.8. The third-order valence-electron chi connectivity index (χ3n) is 11.5. The van der Waals surface area contributed by atoms with Gasteiger partial charge in [0.15, 0.2) is 0 Å². The standard InChI is InChI=1S/2C27H44O5.Ba/c2*1-3-4-5-6-7-8-12-17-25(31-22-24-15-10-9-11-16-24)18-13-19-26(32-23(2)28)20-14-21-27(29)30;/h2*9-11,15-16,25-26H,3-8,12-14,17-22H2,1-2H3,(H,29,30);/q;;+2/p-2. The zero-order valence-electron chi connectivity index (χ0n) is 41.1. The monoisotopic (exact) mass is 1030 g/mol. The molecule has 364 valence electrons. The molecule has 0 aliphatic rings. The molecule has 0 amide bonds. The Morgan fingerprint density at radius 1 is 0.415 bits per heavy atom. The molecule has 11 heteroatoms.